The molecule has 0 radical (unpaired) electrons. The average Bonchev–Trinajstić information content (AvgIpc) is 1.99. The van der Waals surface area contributed by atoms with Crippen molar-refractivity contribution >= 4 is 0 Å². The van der Waals surface area contributed by atoms with E-state index < -0.39 is 11.3 Å². The van der Waals surface area contributed by atoms with Crippen molar-refractivity contribution in [1.29, 1.82) is 0 Å². The third-order valence-corrected chi connectivity index (χ3v) is 3.13. The fourth-order valence-electron chi connectivity index (χ4n) is 2.12. The molecule has 0 atom stereocenters. The second-order valence-electron chi connectivity index (χ2n) is 4.41. The first-order valence-corrected chi connectivity index (χ1v) is 4.85. The number of alkyl halides is 2. The van der Waals surface area contributed by atoms with Crippen LogP contribution in [-0.4, -0.2) is 13.0 Å². The Labute approximate surface area is 83.5 Å². The first-order valence-electron chi connectivity index (χ1n) is 4.85. The number of hydrogen-bond donors (Lipinski definition) is 2. The highest BCUT2D eigenvalue weighted by Crippen LogP contribution is 2.58. The SMILES string of the molecule is CN/C=C(\N)C1(C(C)C)CC(F)(F)C1. The van der Waals surface area contributed by atoms with E-state index in [1.807, 2.05) is 13.8 Å². The van der Waals surface area contributed by atoms with Crippen LogP contribution in [0.5, 0.6) is 0 Å². The Morgan fingerprint density at radius 1 is 1.43 bits per heavy atom. The molecule has 82 valence electrons. The summed E-state index contributed by atoms with van der Waals surface area (Å²) in [5.74, 6) is -2.39. The minimum atomic E-state index is -2.53. The molecule has 0 spiro atoms. The summed E-state index contributed by atoms with van der Waals surface area (Å²) in [5.41, 5.74) is 5.85. The Bertz CT molecular complexity index is 239. The van der Waals surface area contributed by atoms with E-state index in [0.717, 1.165) is 0 Å². The minimum Gasteiger partial charge on any atom is -0.400 e. The Hall–Kier alpha value is -0.800. The molecule has 0 aliphatic heterocycles. The van der Waals surface area contributed by atoms with Crippen LogP contribution in [0.2, 0.25) is 0 Å². The second kappa shape index (κ2) is 3.41. The Morgan fingerprint density at radius 2 is 1.93 bits per heavy atom. The molecule has 0 amide bonds. The summed E-state index contributed by atoms with van der Waals surface area (Å²) in [6, 6.07) is 0. The summed E-state index contributed by atoms with van der Waals surface area (Å²) in [5, 5.41) is 2.79. The molecule has 0 heterocycles. The lowest BCUT2D eigenvalue weighted by Crippen LogP contribution is -2.52. The molecule has 1 saturated carbocycles. The molecule has 1 aliphatic rings. The number of rotatable bonds is 3. The quantitative estimate of drug-likeness (QED) is 0.738. The zero-order valence-corrected chi connectivity index (χ0v) is 8.90. The summed E-state index contributed by atoms with van der Waals surface area (Å²) in [4.78, 5) is 0. The van der Waals surface area contributed by atoms with E-state index >= 15 is 0 Å². The van der Waals surface area contributed by atoms with Crippen LogP contribution in [0.15, 0.2) is 11.9 Å². The van der Waals surface area contributed by atoms with Crippen LogP contribution in [0.25, 0.3) is 0 Å². The molecule has 14 heavy (non-hydrogen) atoms. The van der Waals surface area contributed by atoms with Crippen molar-refractivity contribution in [3.05, 3.63) is 11.9 Å². The maximum Gasteiger partial charge on any atom is 0.250 e. The van der Waals surface area contributed by atoms with Gasteiger partial charge in [0.05, 0.1) is 0 Å². The smallest absolute Gasteiger partial charge is 0.250 e. The van der Waals surface area contributed by atoms with E-state index in [0.29, 0.717) is 5.70 Å². The van der Waals surface area contributed by atoms with Crippen molar-refractivity contribution in [2.24, 2.45) is 17.1 Å². The van der Waals surface area contributed by atoms with Crippen molar-refractivity contribution in [2.45, 2.75) is 32.6 Å². The van der Waals surface area contributed by atoms with Gasteiger partial charge in [0.25, 0.3) is 0 Å². The highest BCUT2D eigenvalue weighted by atomic mass is 19.3. The normalized spacial score (nSPS) is 24.6. The molecule has 0 bridgehead atoms. The molecule has 2 nitrogen and oxygen atoms in total. The minimum absolute atomic E-state index is 0.123. The first-order chi connectivity index (χ1) is 6.34. The van der Waals surface area contributed by atoms with Gasteiger partial charge >= 0.3 is 0 Å². The lowest BCUT2D eigenvalue weighted by Gasteiger charge is -2.50. The van der Waals surface area contributed by atoms with Crippen LogP contribution in [0, 0.1) is 11.3 Å². The third kappa shape index (κ3) is 1.70. The summed E-state index contributed by atoms with van der Waals surface area (Å²) in [6.45, 7) is 3.87. The third-order valence-electron chi connectivity index (χ3n) is 3.13. The van der Waals surface area contributed by atoms with Crippen molar-refractivity contribution in [1.82, 2.24) is 5.32 Å². The molecule has 4 heteroatoms. The highest BCUT2D eigenvalue weighted by Gasteiger charge is 2.59. The van der Waals surface area contributed by atoms with Gasteiger partial charge in [-0.3, -0.25) is 0 Å². The van der Waals surface area contributed by atoms with E-state index in [1.54, 1.807) is 13.2 Å². The topological polar surface area (TPSA) is 38.0 Å². The molecule has 0 unspecified atom stereocenters. The lowest BCUT2D eigenvalue weighted by atomic mass is 9.58. The van der Waals surface area contributed by atoms with Gasteiger partial charge in [0.15, 0.2) is 0 Å². The van der Waals surface area contributed by atoms with Crippen molar-refractivity contribution < 1.29 is 8.78 Å². The largest absolute Gasteiger partial charge is 0.400 e. The van der Waals surface area contributed by atoms with Gasteiger partial charge in [-0.15, -0.1) is 0 Å². The molecule has 1 fully saturated rings. The van der Waals surface area contributed by atoms with Gasteiger partial charge in [0.1, 0.15) is 0 Å². The molecular formula is C10H18F2N2. The van der Waals surface area contributed by atoms with Gasteiger partial charge in [-0.1, -0.05) is 13.8 Å². The van der Waals surface area contributed by atoms with Crippen LogP contribution in [0.3, 0.4) is 0 Å². The van der Waals surface area contributed by atoms with Gasteiger partial charge in [-0.25, -0.2) is 8.78 Å². The molecule has 0 aromatic rings. The molecule has 0 aromatic heterocycles. The molecule has 0 aromatic carbocycles. The predicted octanol–water partition coefficient (Wildman–Crippen LogP) is 2.08. The molecule has 1 aliphatic carbocycles. The summed E-state index contributed by atoms with van der Waals surface area (Å²) in [7, 11) is 1.72. The van der Waals surface area contributed by atoms with Crippen molar-refractivity contribution in [3.63, 3.8) is 0 Å². The number of halogens is 2. The van der Waals surface area contributed by atoms with Gasteiger partial charge in [0.2, 0.25) is 5.92 Å². The van der Waals surface area contributed by atoms with Crippen LogP contribution < -0.4 is 11.1 Å². The summed E-state index contributed by atoms with van der Waals surface area (Å²) >= 11 is 0. The van der Waals surface area contributed by atoms with Gasteiger partial charge < -0.3 is 11.1 Å². The number of hydrogen-bond acceptors (Lipinski definition) is 2. The van der Waals surface area contributed by atoms with Crippen molar-refractivity contribution in [3.8, 4) is 0 Å². The monoisotopic (exact) mass is 204 g/mol. The van der Waals surface area contributed by atoms with E-state index in [9.17, 15) is 8.78 Å². The Morgan fingerprint density at radius 3 is 2.21 bits per heavy atom. The molecule has 1 rings (SSSR count). The maximum atomic E-state index is 12.9. The van der Waals surface area contributed by atoms with Gasteiger partial charge in [0, 0.05) is 37.2 Å². The van der Waals surface area contributed by atoms with Gasteiger partial charge in [-0.05, 0) is 5.92 Å². The van der Waals surface area contributed by atoms with Crippen molar-refractivity contribution in [2.75, 3.05) is 7.05 Å². The Balaban J connectivity index is 2.83. The molecule has 0 saturated heterocycles. The van der Waals surface area contributed by atoms with Crippen LogP contribution in [-0.2, 0) is 0 Å². The number of nitrogens with one attached hydrogen (secondary N) is 1. The van der Waals surface area contributed by atoms with Gasteiger partial charge in [-0.2, -0.15) is 0 Å². The van der Waals surface area contributed by atoms with E-state index in [4.69, 9.17) is 5.73 Å². The molecule has 3 N–H and O–H groups in total. The summed E-state index contributed by atoms with van der Waals surface area (Å²) < 4.78 is 25.8. The van der Waals surface area contributed by atoms with E-state index in [2.05, 4.69) is 5.32 Å². The first kappa shape index (κ1) is 11.3. The zero-order chi connectivity index (χ0) is 11.0. The number of nitrogens with two attached hydrogens (primary N) is 1. The maximum absolute atomic E-state index is 12.9. The van der Waals surface area contributed by atoms with E-state index in [-0.39, 0.29) is 18.8 Å². The molecular weight excluding hydrogens is 186 g/mol. The fraction of sp³-hybridized carbons (Fsp3) is 0.800. The fourth-order valence-corrected chi connectivity index (χ4v) is 2.12. The summed E-state index contributed by atoms with van der Waals surface area (Å²) in [6.07, 6.45) is 1.37. The van der Waals surface area contributed by atoms with Crippen LogP contribution >= 0.6 is 0 Å². The standard InChI is InChI=1S/C10H18F2N2/c1-7(2)9(8(13)4-14-3)5-10(11,12)6-9/h4,7,14H,5-6,13H2,1-3H3/b8-4-. The average molecular weight is 204 g/mol. The van der Waals surface area contributed by atoms with E-state index in [1.165, 1.54) is 0 Å². The highest BCUT2D eigenvalue weighted by molar-refractivity contribution is 5.19. The predicted molar refractivity (Wildman–Crippen MR) is 52.8 cm³/mol. The second-order valence-corrected chi connectivity index (χ2v) is 4.41. The zero-order valence-electron chi connectivity index (χ0n) is 8.90. The van der Waals surface area contributed by atoms with Crippen LogP contribution in [0.4, 0.5) is 8.78 Å². The lowest BCUT2D eigenvalue weighted by molar-refractivity contribution is -0.162. The number of allylic oxidation sites excluding steroid dienone is 1. The Kier molecular flexibility index (Phi) is 2.74. The van der Waals surface area contributed by atoms with Crippen LogP contribution in [0.1, 0.15) is 26.7 Å².